The lowest BCUT2D eigenvalue weighted by Gasteiger charge is -2.28. The molecule has 2 aromatic heterocycles. The molecular formula is C25H28N6O3S. The van der Waals surface area contributed by atoms with Gasteiger partial charge in [-0.25, -0.2) is 13.4 Å². The van der Waals surface area contributed by atoms with E-state index in [9.17, 15) is 8.42 Å². The summed E-state index contributed by atoms with van der Waals surface area (Å²) >= 11 is 0. The van der Waals surface area contributed by atoms with Crippen molar-refractivity contribution in [1.29, 1.82) is 0 Å². The lowest BCUT2D eigenvalue weighted by Crippen LogP contribution is -2.36. The second-order valence-electron chi connectivity index (χ2n) is 8.55. The lowest BCUT2D eigenvalue weighted by atomic mass is 10.2. The normalized spacial score (nSPS) is 14.3. The van der Waals surface area contributed by atoms with E-state index < -0.39 is 10.0 Å². The highest BCUT2D eigenvalue weighted by Crippen LogP contribution is 2.25. The third-order valence-corrected chi connectivity index (χ3v) is 7.36. The number of rotatable bonds is 7. The van der Waals surface area contributed by atoms with Crippen molar-refractivity contribution in [3.8, 4) is 0 Å². The summed E-state index contributed by atoms with van der Waals surface area (Å²) in [6, 6.07) is 17.7. The number of fused-ring (bicyclic) bond motifs is 1. The van der Waals surface area contributed by atoms with Crippen molar-refractivity contribution in [2.24, 2.45) is 0 Å². The summed E-state index contributed by atoms with van der Waals surface area (Å²) in [6.45, 7) is 3.77. The third kappa shape index (κ3) is 5.08. The first-order valence-electron chi connectivity index (χ1n) is 11.4. The van der Waals surface area contributed by atoms with Gasteiger partial charge in [0.05, 0.1) is 31.7 Å². The minimum Gasteiger partial charge on any atom is -0.378 e. The first kappa shape index (κ1) is 23.1. The van der Waals surface area contributed by atoms with Gasteiger partial charge in [0.25, 0.3) is 0 Å². The molecule has 1 aliphatic heterocycles. The second kappa shape index (κ2) is 9.55. The van der Waals surface area contributed by atoms with Gasteiger partial charge in [0.2, 0.25) is 16.0 Å². The van der Waals surface area contributed by atoms with E-state index in [4.69, 9.17) is 9.72 Å². The molecule has 9 nitrogen and oxygen atoms in total. The van der Waals surface area contributed by atoms with E-state index in [-0.39, 0.29) is 0 Å². The number of nitrogens with one attached hydrogen (secondary N) is 1. The van der Waals surface area contributed by atoms with E-state index in [2.05, 4.69) is 27.3 Å². The fourth-order valence-corrected chi connectivity index (χ4v) is 4.71. The number of aromatic nitrogens is 3. The second-order valence-corrected chi connectivity index (χ2v) is 10.6. The quantitative estimate of drug-likeness (QED) is 0.422. The van der Waals surface area contributed by atoms with Crippen molar-refractivity contribution in [2.75, 3.05) is 54.1 Å². The summed E-state index contributed by atoms with van der Waals surface area (Å²) in [6.07, 6.45) is 4.93. The van der Waals surface area contributed by atoms with Crippen LogP contribution < -0.4 is 14.5 Å². The molecular weight excluding hydrogens is 464 g/mol. The van der Waals surface area contributed by atoms with E-state index in [1.54, 1.807) is 13.2 Å². The van der Waals surface area contributed by atoms with Gasteiger partial charge in [0.15, 0.2) is 0 Å². The van der Waals surface area contributed by atoms with Crippen LogP contribution >= 0.6 is 0 Å². The molecule has 0 aliphatic carbocycles. The molecule has 1 saturated heterocycles. The van der Waals surface area contributed by atoms with Gasteiger partial charge in [-0.05, 0) is 42.0 Å². The topological polar surface area (TPSA) is 92.6 Å². The molecule has 0 amide bonds. The van der Waals surface area contributed by atoms with Gasteiger partial charge in [-0.15, -0.1) is 0 Å². The minimum atomic E-state index is -3.37. The van der Waals surface area contributed by atoms with E-state index in [1.165, 1.54) is 16.2 Å². The molecule has 0 saturated carbocycles. The summed E-state index contributed by atoms with van der Waals surface area (Å²) in [5, 5.41) is 4.20. The first-order valence-corrected chi connectivity index (χ1v) is 13.3. The lowest BCUT2D eigenvalue weighted by molar-refractivity contribution is 0.122. The molecule has 35 heavy (non-hydrogen) atoms. The Morgan fingerprint density at radius 1 is 1.06 bits per heavy atom. The molecule has 1 N–H and O–H groups in total. The molecule has 4 aromatic rings. The number of ether oxygens (including phenoxy) is 1. The molecule has 1 aliphatic rings. The highest BCUT2D eigenvalue weighted by atomic mass is 32.2. The molecule has 10 heteroatoms. The number of anilines is 4. The van der Waals surface area contributed by atoms with Crippen molar-refractivity contribution in [3.63, 3.8) is 0 Å². The van der Waals surface area contributed by atoms with Crippen molar-refractivity contribution in [3.05, 3.63) is 72.6 Å². The van der Waals surface area contributed by atoms with Crippen LogP contribution in [0, 0.1) is 0 Å². The summed E-state index contributed by atoms with van der Waals surface area (Å²) in [4.78, 5) is 11.5. The molecule has 0 unspecified atom stereocenters. The van der Waals surface area contributed by atoms with Crippen LogP contribution in [0.4, 0.5) is 23.0 Å². The van der Waals surface area contributed by atoms with Crippen LogP contribution in [0.2, 0.25) is 0 Å². The van der Waals surface area contributed by atoms with E-state index in [0.717, 1.165) is 48.6 Å². The van der Waals surface area contributed by atoms with Crippen LogP contribution in [-0.4, -0.2) is 62.6 Å². The number of hydrogen-bond donors (Lipinski definition) is 1. The van der Waals surface area contributed by atoms with Crippen LogP contribution in [0.3, 0.4) is 0 Å². The average Bonchev–Trinajstić information content (AvgIpc) is 3.26. The molecule has 0 atom stereocenters. The Morgan fingerprint density at radius 2 is 1.80 bits per heavy atom. The summed E-state index contributed by atoms with van der Waals surface area (Å²) in [5.41, 5.74) is 4.36. The summed E-state index contributed by atoms with van der Waals surface area (Å²) in [7, 11) is -1.81. The molecule has 2 aromatic carbocycles. The van der Waals surface area contributed by atoms with Crippen molar-refractivity contribution in [1.82, 2.24) is 14.5 Å². The van der Waals surface area contributed by atoms with Crippen LogP contribution in [0.5, 0.6) is 0 Å². The first-order chi connectivity index (χ1) is 16.9. The van der Waals surface area contributed by atoms with Gasteiger partial charge < -0.3 is 19.5 Å². The maximum atomic E-state index is 12.1. The van der Waals surface area contributed by atoms with Gasteiger partial charge in [-0.1, -0.05) is 18.2 Å². The largest absolute Gasteiger partial charge is 0.378 e. The zero-order chi connectivity index (χ0) is 24.4. The summed E-state index contributed by atoms with van der Waals surface area (Å²) in [5.74, 6) is 0.498. The SMILES string of the molecule is CN(c1ccccc1Cn1ccc2cnc(Nc3ccc(N4CCOCC4)cc3)nc21)S(C)(=O)=O. The number of benzene rings is 2. The smallest absolute Gasteiger partial charge is 0.232 e. The van der Waals surface area contributed by atoms with E-state index in [0.29, 0.717) is 18.2 Å². The van der Waals surface area contributed by atoms with Gasteiger partial charge in [-0.3, -0.25) is 4.31 Å². The van der Waals surface area contributed by atoms with Gasteiger partial charge in [-0.2, -0.15) is 4.98 Å². The van der Waals surface area contributed by atoms with Crippen LogP contribution in [0.1, 0.15) is 5.56 Å². The molecule has 3 heterocycles. The Hall–Kier alpha value is -3.63. The summed E-state index contributed by atoms with van der Waals surface area (Å²) < 4.78 is 33.0. The van der Waals surface area contributed by atoms with Crippen molar-refractivity contribution in [2.45, 2.75) is 6.54 Å². The van der Waals surface area contributed by atoms with Crippen molar-refractivity contribution >= 4 is 44.1 Å². The average molecular weight is 493 g/mol. The molecule has 5 rings (SSSR count). The van der Waals surface area contributed by atoms with Crippen LogP contribution in [0.25, 0.3) is 11.0 Å². The maximum absolute atomic E-state index is 12.1. The van der Waals surface area contributed by atoms with Gasteiger partial charge in [0.1, 0.15) is 5.65 Å². The number of morpholine rings is 1. The minimum absolute atomic E-state index is 0.476. The molecule has 182 valence electrons. The molecule has 0 bridgehead atoms. The van der Waals surface area contributed by atoms with Crippen LogP contribution in [-0.2, 0) is 21.3 Å². The fourth-order valence-electron chi connectivity index (χ4n) is 4.18. The number of nitrogens with zero attached hydrogens (tertiary/aromatic N) is 5. The Labute approximate surface area is 205 Å². The Bertz CT molecular complexity index is 1430. The third-order valence-electron chi connectivity index (χ3n) is 6.17. The van der Waals surface area contributed by atoms with Crippen LogP contribution in [0.15, 0.2) is 67.0 Å². The van der Waals surface area contributed by atoms with E-state index in [1.807, 2.05) is 53.2 Å². The highest BCUT2D eigenvalue weighted by Gasteiger charge is 2.16. The van der Waals surface area contributed by atoms with E-state index >= 15 is 0 Å². The molecule has 0 radical (unpaired) electrons. The maximum Gasteiger partial charge on any atom is 0.232 e. The standard InChI is InChI=1S/C25H28N6O3S/c1-29(35(2,32)33)23-6-4-3-5-20(23)18-31-12-11-19-17-26-25(28-24(19)31)27-21-7-9-22(10-8-21)30-13-15-34-16-14-30/h3-12,17H,13-16,18H2,1-2H3,(H,26,27,28). The monoisotopic (exact) mass is 492 g/mol. The number of hydrogen-bond acceptors (Lipinski definition) is 7. The van der Waals surface area contributed by atoms with Crippen molar-refractivity contribution < 1.29 is 13.2 Å². The van der Waals surface area contributed by atoms with Gasteiger partial charge >= 0.3 is 0 Å². The number of sulfonamides is 1. The zero-order valence-electron chi connectivity index (χ0n) is 19.8. The predicted molar refractivity (Wildman–Crippen MR) is 139 cm³/mol. The van der Waals surface area contributed by atoms with Gasteiger partial charge in [0, 0.05) is 49.3 Å². The number of para-hydroxylation sites is 1. The highest BCUT2D eigenvalue weighted by molar-refractivity contribution is 7.92. The molecule has 1 fully saturated rings. The Balaban J connectivity index is 1.37. The predicted octanol–water partition coefficient (Wildman–Crippen LogP) is 3.46. The fraction of sp³-hybridized carbons (Fsp3) is 0.280. The zero-order valence-corrected chi connectivity index (χ0v) is 20.6. The Morgan fingerprint density at radius 3 is 2.54 bits per heavy atom. The Kier molecular flexibility index (Phi) is 6.31. The molecule has 0 spiro atoms.